The standard InChI is InChI=1S/C14H17NS/c1-16-14-8-3-2-6-11(14)13-9-10-5-4-7-12(10)15-13/h2-3,6,8,10,12H,4-5,7,9H2,1H3/t10-,12-/m1/s1. The quantitative estimate of drug-likeness (QED) is 0.706. The van der Waals surface area contributed by atoms with E-state index in [2.05, 4.69) is 30.5 Å². The lowest BCUT2D eigenvalue weighted by atomic mass is 9.98. The highest BCUT2D eigenvalue weighted by atomic mass is 32.2. The van der Waals surface area contributed by atoms with Gasteiger partial charge in [-0.05, 0) is 37.5 Å². The van der Waals surface area contributed by atoms with Crippen LogP contribution in [0.1, 0.15) is 31.2 Å². The molecule has 0 amide bonds. The second-order valence-corrected chi connectivity index (χ2v) is 5.59. The maximum atomic E-state index is 4.93. The lowest BCUT2D eigenvalue weighted by molar-refractivity contribution is 0.536. The first-order valence-corrected chi connectivity index (χ1v) is 7.31. The molecule has 0 bridgehead atoms. The van der Waals surface area contributed by atoms with E-state index in [4.69, 9.17) is 4.99 Å². The molecule has 1 nitrogen and oxygen atoms in total. The molecule has 2 atom stereocenters. The van der Waals surface area contributed by atoms with Gasteiger partial charge in [0.05, 0.1) is 6.04 Å². The van der Waals surface area contributed by atoms with E-state index >= 15 is 0 Å². The zero-order valence-corrected chi connectivity index (χ0v) is 10.5. The molecule has 0 spiro atoms. The molecule has 0 saturated heterocycles. The minimum atomic E-state index is 0.643. The van der Waals surface area contributed by atoms with Crippen LogP contribution < -0.4 is 0 Å². The summed E-state index contributed by atoms with van der Waals surface area (Å²) in [4.78, 5) is 6.31. The number of hydrogen-bond donors (Lipinski definition) is 0. The molecule has 1 saturated carbocycles. The summed E-state index contributed by atoms with van der Waals surface area (Å²) in [6.45, 7) is 0. The van der Waals surface area contributed by atoms with Gasteiger partial charge < -0.3 is 0 Å². The van der Waals surface area contributed by atoms with Crippen molar-refractivity contribution < 1.29 is 0 Å². The molecule has 0 radical (unpaired) electrons. The van der Waals surface area contributed by atoms with Gasteiger partial charge in [0.2, 0.25) is 0 Å². The van der Waals surface area contributed by atoms with Crippen molar-refractivity contribution in [3.8, 4) is 0 Å². The van der Waals surface area contributed by atoms with E-state index in [1.54, 1.807) is 0 Å². The zero-order valence-electron chi connectivity index (χ0n) is 9.65. The van der Waals surface area contributed by atoms with Crippen molar-refractivity contribution in [1.29, 1.82) is 0 Å². The number of hydrogen-bond acceptors (Lipinski definition) is 2. The van der Waals surface area contributed by atoms with E-state index in [9.17, 15) is 0 Å². The highest BCUT2D eigenvalue weighted by Gasteiger charge is 2.33. The summed E-state index contributed by atoms with van der Waals surface area (Å²) >= 11 is 1.83. The summed E-state index contributed by atoms with van der Waals surface area (Å²) in [5.74, 6) is 0.852. The van der Waals surface area contributed by atoms with Gasteiger partial charge >= 0.3 is 0 Å². The lowest BCUT2D eigenvalue weighted by Gasteiger charge is -2.07. The Hall–Kier alpha value is -0.760. The van der Waals surface area contributed by atoms with E-state index in [-0.39, 0.29) is 0 Å². The van der Waals surface area contributed by atoms with Crippen molar-refractivity contribution >= 4 is 17.5 Å². The Labute approximate surface area is 101 Å². The lowest BCUT2D eigenvalue weighted by Crippen LogP contribution is -2.05. The topological polar surface area (TPSA) is 12.4 Å². The third-order valence-corrected chi connectivity index (χ3v) is 4.61. The predicted molar refractivity (Wildman–Crippen MR) is 70.5 cm³/mol. The first kappa shape index (κ1) is 10.4. The van der Waals surface area contributed by atoms with Crippen molar-refractivity contribution in [1.82, 2.24) is 0 Å². The van der Waals surface area contributed by atoms with E-state index in [0.29, 0.717) is 6.04 Å². The van der Waals surface area contributed by atoms with Gasteiger partial charge in [0.25, 0.3) is 0 Å². The predicted octanol–water partition coefficient (Wildman–Crippen LogP) is 3.77. The Bertz CT molecular complexity index is 424. The van der Waals surface area contributed by atoms with Crippen LogP contribution >= 0.6 is 11.8 Å². The second kappa shape index (κ2) is 4.25. The molecule has 1 aromatic carbocycles. The molecule has 1 heterocycles. The fourth-order valence-electron chi connectivity index (χ4n) is 2.99. The molecular formula is C14H17NS. The molecule has 1 aliphatic carbocycles. The first-order valence-electron chi connectivity index (χ1n) is 6.08. The molecule has 0 N–H and O–H groups in total. The summed E-state index contributed by atoms with van der Waals surface area (Å²) in [7, 11) is 0. The summed E-state index contributed by atoms with van der Waals surface area (Å²) in [6.07, 6.45) is 7.45. The van der Waals surface area contributed by atoms with Gasteiger partial charge in [-0.3, -0.25) is 4.99 Å². The molecule has 2 heteroatoms. The number of fused-ring (bicyclic) bond motifs is 1. The average Bonchev–Trinajstić information content (AvgIpc) is 2.89. The van der Waals surface area contributed by atoms with Crippen molar-refractivity contribution in [3.05, 3.63) is 29.8 Å². The van der Waals surface area contributed by atoms with Gasteiger partial charge in [0.15, 0.2) is 0 Å². The smallest absolute Gasteiger partial charge is 0.0535 e. The third-order valence-electron chi connectivity index (χ3n) is 3.81. The number of nitrogens with zero attached hydrogens (tertiary/aromatic N) is 1. The van der Waals surface area contributed by atoms with Crippen LogP contribution in [0.2, 0.25) is 0 Å². The highest BCUT2D eigenvalue weighted by molar-refractivity contribution is 7.98. The van der Waals surface area contributed by atoms with Gasteiger partial charge in [0.1, 0.15) is 0 Å². The fraction of sp³-hybridized carbons (Fsp3) is 0.500. The van der Waals surface area contributed by atoms with Crippen molar-refractivity contribution in [2.45, 2.75) is 36.6 Å². The Morgan fingerprint density at radius 1 is 1.25 bits per heavy atom. The first-order chi connectivity index (χ1) is 7.88. The summed E-state index contributed by atoms with van der Waals surface area (Å²) in [6, 6.07) is 9.32. The Kier molecular flexibility index (Phi) is 2.76. The van der Waals surface area contributed by atoms with Gasteiger partial charge in [-0.1, -0.05) is 24.6 Å². The molecule has 84 valence electrons. The molecule has 1 aliphatic heterocycles. The van der Waals surface area contributed by atoms with Crippen LogP contribution in [0.15, 0.2) is 34.2 Å². The minimum absolute atomic E-state index is 0.643. The largest absolute Gasteiger partial charge is 0.285 e. The van der Waals surface area contributed by atoms with Gasteiger partial charge in [-0.15, -0.1) is 11.8 Å². The summed E-state index contributed by atoms with van der Waals surface area (Å²) in [5, 5.41) is 0. The SMILES string of the molecule is CSc1ccccc1C1=N[C@@H]2CCC[C@@H]2C1. The van der Waals surface area contributed by atoms with Gasteiger partial charge in [0, 0.05) is 16.2 Å². The van der Waals surface area contributed by atoms with Gasteiger partial charge in [-0.2, -0.15) is 0 Å². The Morgan fingerprint density at radius 2 is 2.12 bits per heavy atom. The zero-order chi connectivity index (χ0) is 11.0. The molecule has 1 fully saturated rings. The number of aliphatic imine (C=N–C) groups is 1. The van der Waals surface area contributed by atoms with E-state index in [1.165, 1.54) is 41.9 Å². The Balaban J connectivity index is 1.93. The van der Waals surface area contributed by atoms with Crippen LogP contribution in [0.3, 0.4) is 0 Å². The summed E-state index contributed by atoms with van der Waals surface area (Å²) < 4.78 is 0. The van der Waals surface area contributed by atoms with Crippen LogP contribution in [0, 0.1) is 5.92 Å². The molecule has 0 unspecified atom stereocenters. The van der Waals surface area contributed by atoms with Crippen LogP contribution in [-0.2, 0) is 0 Å². The number of thioether (sulfide) groups is 1. The van der Waals surface area contributed by atoms with Crippen LogP contribution in [0.25, 0.3) is 0 Å². The van der Waals surface area contributed by atoms with Crippen molar-refractivity contribution in [2.75, 3.05) is 6.26 Å². The van der Waals surface area contributed by atoms with E-state index < -0.39 is 0 Å². The normalized spacial score (nSPS) is 27.9. The van der Waals surface area contributed by atoms with Crippen LogP contribution in [0.4, 0.5) is 0 Å². The molecular weight excluding hydrogens is 214 g/mol. The van der Waals surface area contributed by atoms with Gasteiger partial charge in [-0.25, -0.2) is 0 Å². The highest BCUT2D eigenvalue weighted by Crippen LogP contribution is 2.38. The van der Waals surface area contributed by atoms with E-state index in [1.807, 2.05) is 11.8 Å². The summed E-state index contributed by atoms with van der Waals surface area (Å²) in [5.41, 5.74) is 2.74. The van der Waals surface area contributed by atoms with Crippen LogP contribution in [0.5, 0.6) is 0 Å². The molecule has 3 rings (SSSR count). The monoisotopic (exact) mass is 231 g/mol. The van der Waals surface area contributed by atoms with Crippen LogP contribution in [-0.4, -0.2) is 18.0 Å². The Morgan fingerprint density at radius 3 is 2.94 bits per heavy atom. The molecule has 0 aromatic heterocycles. The number of benzene rings is 1. The minimum Gasteiger partial charge on any atom is -0.285 e. The van der Waals surface area contributed by atoms with E-state index in [0.717, 1.165) is 5.92 Å². The fourth-order valence-corrected chi connectivity index (χ4v) is 3.61. The van der Waals surface area contributed by atoms with Crippen molar-refractivity contribution in [2.24, 2.45) is 10.9 Å². The maximum absolute atomic E-state index is 4.93. The molecule has 16 heavy (non-hydrogen) atoms. The van der Waals surface area contributed by atoms with Crippen molar-refractivity contribution in [3.63, 3.8) is 0 Å². The molecule has 1 aromatic rings. The number of rotatable bonds is 2. The second-order valence-electron chi connectivity index (χ2n) is 4.74. The maximum Gasteiger partial charge on any atom is 0.0535 e. The molecule has 2 aliphatic rings. The average molecular weight is 231 g/mol. The third kappa shape index (κ3) is 1.69.